The maximum absolute atomic E-state index is 6.64. The Morgan fingerprint density at radius 2 is 1.31 bits per heavy atom. The SMILES string of the molecule is C#CC(CC(C)C)CC(C)(C)C(=C)OC(C)(C)C(C)C(C)(C)CCC(C)CC(C)CCC.CC.CC. The highest BCUT2D eigenvalue weighted by Gasteiger charge is 2.41. The van der Waals surface area contributed by atoms with Crippen LogP contribution in [0.4, 0.5) is 0 Å². The van der Waals surface area contributed by atoms with Gasteiger partial charge in [-0.1, -0.05) is 123 Å². The van der Waals surface area contributed by atoms with Crippen LogP contribution in [-0.4, -0.2) is 5.60 Å². The van der Waals surface area contributed by atoms with Crippen molar-refractivity contribution in [2.75, 3.05) is 0 Å². The molecule has 0 aromatic carbocycles. The topological polar surface area (TPSA) is 9.23 Å². The van der Waals surface area contributed by atoms with Crippen LogP contribution in [0.1, 0.15) is 156 Å². The summed E-state index contributed by atoms with van der Waals surface area (Å²) in [6.07, 6.45) is 14.3. The number of ether oxygens (including phenoxy) is 1. The van der Waals surface area contributed by atoms with Crippen molar-refractivity contribution in [2.24, 2.45) is 40.4 Å². The van der Waals surface area contributed by atoms with E-state index in [4.69, 9.17) is 11.2 Å². The molecule has 1 heteroatoms. The average molecular weight is 507 g/mol. The highest BCUT2D eigenvalue weighted by molar-refractivity contribution is 5.06. The molecule has 4 unspecified atom stereocenters. The normalized spacial score (nSPS) is 15.3. The summed E-state index contributed by atoms with van der Waals surface area (Å²) in [7, 11) is 0. The second kappa shape index (κ2) is 19.2. The summed E-state index contributed by atoms with van der Waals surface area (Å²) in [6, 6.07) is 0. The van der Waals surface area contributed by atoms with Gasteiger partial charge in [-0.05, 0) is 62.7 Å². The number of hydrogen-bond acceptors (Lipinski definition) is 1. The van der Waals surface area contributed by atoms with Crippen LogP contribution in [0.2, 0.25) is 0 Å². The van der Waals surface area contributed by atoms with Crippen LogP contribution in [0.15, 0.2) is 12.3 Å². The molecule has 36 heavy (non-hydrogen) atoms. The molecule has 0 fully saturated rings. The van der Waals surface area contributed by atoms with E-state index in [9.17, 15) is 0 Å². The maximum atomic E-state index is 6.64. The smallest absolute Gasteiger partial charge is 0.106 e. The van der Waals surface area contributed by atoms with Gasteiger partial charge in [-0.2, -0.15) is 0 Å². The molecule has 4 atom stereocenters. The van der Waals surface area contributed by atoms with Crippen molar-refractivity contribution in [3.63, 3.8) is 0 Å². The van der Waals surface area contributed by atoms with Crippen molar-refractivity contribution in [3.05, 3.63) is 12.3 Å². The lowest BCUT2D eigenvalue weighted by Crippen LogP contribution is -2.42. The van der Waals surface area contributed by atoms with E-state index in [2.05, 4.69) is 95.6 Å². The second-order valence-electron chi connectivity index (χ2n) is 13.2. The predicted molar refractivity (Wildman–Crippen MR) is 167 cm³/mol. The summed E-state index contributed by atoms with van der Waals surface area (Å²) in [6.45, 7) is 40.1. The molecule has 0 aliphatic rings. The van der Waals surface area contributed by atoms with Crippen molar-refractivity contribution >= 4 is 0 Å². The lowest BCUT2D eigenvalue weighted by molar-refractivity contribution is -0.0754. The van der Waals surface area contributed by atoms with Crippen molar-refractivity contribution in [2.45, 2.75) is 161 Å². The van der Waals surface area contributed by atoms with E-state index in [1.807, 2.05) is 27.7 Å². The molecule has 0 bridgehead atoms. The Labute approximate surface area is 231 Å². The molecule has 0 aliphatic carbocycles. The molecular formula is C35H70O. The predicted octanol–water partition coefficient (Wildman–Crippen LogP) is 12.0. The van der Waals surface area contributed by atoms with Crippen LogP contribution < -0.4 is 0 Å². The fourth-order valence-corrected chi connectivity index (χ4v) is 5.24. The molecule has 0 aromatic rings. The zero-order chi connectivity index (χ0) is 29.3. The van der Waals surface area contributed by atoms with Gasteiger partial charge in [0.2, 0.25) is 0 Å². The zero-order valence-electron chi connectivity index (χ0n) is 28.0. The lowest BCUT2D eigenvalue weighted by Gasteiger charge is -2.45. The maximum Gasteiger partial charge on any atom is 0.106 e. The molecule has 0 radical (unpaired) electrons. The summed E-state index contributed by atoms with van der Waals surface area (Å²) in [4.78, 5) is 0. The molecule has 0 N–H and O–H groups in total. The third-order valence-corrected chi connectivity index (χ3v) is 7.97. The molecule has 1 nitrogen and oxygen atoms in total. The fourth-order valence-electron chi connectivity index (χ4n) is 5.24. The minimum absolute atomic E-state index is 0.142. The zero-order valence-corrected chi connectivity index (χ0v) is 28.0. The van der Waals surface area contributed by atoms with Crippen molar-refractivity contribution < 1.29 is 4.74 Å². The highest BCUT2D eigenvalue weighted by atomic mass is 16.5. The van der Waals surface area contributed by atoms with E-state index in [1.54, 1.807) is 0 Å². The molecule has 0 rings (SSSR count). The number of allylic oxidation sites excluding steroid dienone is 1. The van der Waals surface area contributed by atoms with Gasteiger partial charge in [0.05, 0.1) is 5.76 Å². The van der Waals surface area contributed by atoms with Gasteiger partial charge in [0, 0.05) is 17.3 Å². The van der Waals surface area contributed by atoms with Crippen LogP contribution in [0.5, 0.6) is 0 Å². The summed E-state index contributed by atoms with van der Waals surface area (Å²) in [5.74, 6) is 6.76. The summed E-state index contributed by atoms with van der Waals surface area (Å²) < 4.78 is 6.64. The molecule has 0 saturated carbocycles. The van der Waals surface area contributed by atoms with E-state index < -0.39 is 0 Å². The summed E-state index contributed by atoms with van der Waals surface area (Å²) in [5.41, 5.74) is -0.216. The standard InChI is InChI=1S/C31H58O.2C2H6/c1-15-17-24(5)21-25(6)18-19-29(9,10)26(7)31(13,14)32-27(8)30(11,12)22-28(16-2)20-23(3)4;2*1-2/h2,23-26,28H,8,15,17-22H2,1,3-7,9-14H3;2*1-2H3. The van der Waals surface area contributed by atoms with Crippen LogP contribution in [0, 0.1) is 52.8 Å². The van der Waals surface area contributed by atoms with Gasteiger partial charge in [-0.15, -0.1) is 12.3 Å². The molecule has 0 spiro atoms. The minimum Gasteiger partial charge on any atom is -0.492 e. The molecular weight excluding hydrogens is 436 g/mol. The van der Waals surface area contributed by atoms with Gasteiger partial charge in [-0.3, -0.25) is 0 Å². The largest absolute Gasteiger partial charge is 0.492 e. The van der Waals surface area contributed by atoms with Gasteiger partial charge in [0.15, 0.2) is 0 Å². The van der Waals surface area contributed by atoms with Gasteiger partial charge in [0.25, 0.3) is 0 Å². The van der Waals surface area contributed by atoms with Crippen LogP contribution >= 0.6 is 0 Å². The second-order valence-corrected chi connectivity index (χ2v) is 13.2. The van der Waals surface area contributed by atoms with E-state index >= 15 is 0 Å². The first-order chi connectivity index (χ1) is 16.5. The quantitative estimate of drug-likeness (QED) is 0.149. The Morgan fingerprint density at radius 3 is 1.72 bits per heavy atom. The van der Waals surface area contributed by atoms with Crippen molar-refractivity contribution in [1.29, 1.82) is 0 Å². The number of rotatable bonds is 16. The monoisotopic (exact) mass is 507 g/mol. The highest BCUT2D eigenvalue weighted by Crippen LogP contribution is 2.45. The van der Waals surface area contributed by atoms with Gasteiger partial charge in [-0.25, -0.2) is 0 Å². The third-order valence-electron chi connectivity index (χ3n) is 7.97. The average Bonchev–Trinajstić information content (AvgIpc) is 2.78. The minimum atomic E-state index is -0.277. The Hall–Kier alpha value is -0.900. The van der Waals surface area contributed by atoms with Crippen LogP contribution in [0.25, 0.3) is 0 Å². The Bertz CT molecular complexity index is 586. The van der Waals surface area contributed by atoms with E-state index in [0.717, 1.165) is 30.4 Å². The summed E-state index contributed by atoms with van der Waals surface area (Å²) in [5, 5.41) is 0. The van der Waals surface area contributed by atoms with E-state index in [1.165, 1.54) is 32.1 Å². The molecule has 0 aliphatic heterocycles. The molecule has 0 saturated heterocycles. The first-order valence-corrected chi connectivity index (χ1v) is 15.3. The molecule has 0 heterocycles. The van der Waals surface area contributed by atoms with E-state index in [0.29, 0.717) is 11.8 Å². The first kappa shape index (κ1) is 39.6. The van der Waals surface area contributed by atoms with Crippen LogP contribution in [-0.2, 0) is 4.74 Å². The van der Waals surface area contributed by atoms with Gasteiger partial charge < -0.3 is 4.74 Å². The Morgan fingerprint density at radius 1 is 0.833 bits per heavy atom. The van der Waals surface area contributed by atoms with E-state index in [-0.39, 0.29) is 22.3 Å². The summed E-state index contributed by atoms with van der Waals surface area (Å²) >= 11 is 0. The van der Waals surface area contributed by atoms with Crippen molar-refractivity contribution in [1.82, 2.24) is 0 Å². The Kier molecular flexibility index (Phi) is 21.1. The molecule has 0 aromatic heterocycles. The number of hydrogen-bond donors (Lipinski definition) is 0. The van der Waals surface area contributed by atoms with Crippen molar-refractivity contribution in [3.8, 4) is 12.3 Å². The van der Waals surface area contributed by atoms with Crippen LogP contribution in [0.3, 0.4) is 0 Å². The Balaban J connectivity index is -0.00000258. The third kappa shape index (κ3) is 16.0. The van der Waals surface area contributed by atoms with Gasteiger partial charge >= 0.3 is 0 Å². The lowest BCUT2D eigenvalue weighted by atomic mass is 9.68. The molecule has 0 amide bonds. The number of terminal acetylenes is 1. The van der Waals surface area contributed by atoms with Gasteiger partial charge in [0.1, 0.15) is 5.60 Å². The fraction of sp³-hybridized carbons (Fsp3) is 0.886. The molecule has 216 valence electrons. The first-order valence-electron chi connectivity index (χ1n) is 15.3.